The lowest BCUT2D eigenvalue weighted by molar-refractivity contribution is -0.131. The van der Waals surface area contributed by atoms with Gasteiger partial charge >= 0.3 is 5.97 Å². The first-order valence-corrected chi connectivity index (χ1v) is 4.31. The Morgan fingerprint density at radius 1 is 1.38 bits per heavy atom. The summed E-state index contributed by atoms with van der Waals surface area (Å²) in [7, 11) is 0. The number of carboxylic acid groups (broad SMARTS) is 1. The minimum Gasteiger partial charge on any atom is -0.477 e. The molecule has 1 aromatic rings. The van der Waals surface area contributed by atoms with Crippen molar-refractivity contribution in [2.45, 2.75) is 0 Å². The van der Waals surface area contributed by atoms with Crippen molar-refractivity contribution in [1.29, 1.82) is 0 Å². The fourth-order valence-electron chi connectivity index (χ4n) is 0.779. The Hall–Kier alpha value is -0.930. The van der Waals surface area contributed by atoms with Crippen molar-refractivity contribution in [2.24, 2.45) is 0 Å². The summed E-state index contributed by atoms with van der Waals surface area (Å²) in [6.45, 7) is 0. The van der Waals surface area contributed by atoms with E-state index in [9.17, 15) is 4.79 Å². The standard InChI is InChI=1S/C9H7ClO2S/c10-7-3-1-6(2-4-7)5-8(13)9(11)12/h1-5,13H,(H,11,12)/b8-5+. The van der Waals surface area contributed by atoms with Crippen LogP contribution >= 0.6 is 24.2 Å². The molecule has 13 heavy (non-hydrogen) atoms. The monoisotopic (exact) mass is 214 g/mol. The maximum Gasteiger partial charge on any atom is 0.341 e. The molecule has 0 saturated heterocycles. The van der Waals surface area contributed by atoms with Gasteiger partial charge < -0.3 is 5.11 Å². The maximum atomic E-state index is 10.4. The number of carboxylic acids is 1. The van der Waals surface area contributed by atoms with Crippen molar-refractivity contribution in [2.75, 3.05) is 0 Å². The zero-order chi connectivity index (χ0) is 9.84. The molecule has 0 heterocycles. The SMILES string of the molecule is O=C(O)/C(S)=C\c1ccc(Cl)cc1. The Labute approximate surface area is 86.3 Å². The van der Waals surface area contributed by atoms with Crippen molar-refractivity contribution in [3.05, 3.63) is 39.8 Å². The molecule has 1 N–H and O–H groups in total. The first kappa shape index (κ1) is 10.2. The van der Waals surface area contributed by atoms with Crippen LogP contribution in [0.5, 0.6) is 0 Å². The molecule has 0 amide bonds. The normalized spacial score (nSPS) is 11.4. The highest BCUT2D eigenvalue weighted by Crippen LogP contribution is 2.13. The van der Waals surface area contributed by atoms with Gasteiger partial charge in [0.05, 0.1) is 4.91 Å². The Morgan fingerprint density at radius 3 is 2.38 bits per heavy atom. The van der Waals surface area contributed by atoms with E-state index in [0.29, 0.717) is 5.02 Å². The molecule has 0 bridgehead atoms. The number of halogens is 1. The van der Waals surface area contributed by atoms with E-state index < -0.39 is 5.97 Å². The van der Waals surface area contributed by atoms with Crippen molar-refractivity contribution >= 4 is 36.3 Å². The fourth-order valence-corrected chi connectivity index (χ4v) is 1.05. The van der Waals surface area contributed by atoms with Crippen LogP contribution in [0.2, 0.25) is 5.02 Å². The molecule has 0 aromatic heterocycles. The minimum absolute atomic E-state index is 0.00215. The summed E-state index contributed by atoms with van der Waals surface area (Å²) in [5.41, 5.74) is 0.761. The van der Waals surface area contributed by atoms with Gasteiger partial charge in [-0.2, -0.15) is 0 Å². The number of benzene rings is 1. The number of rotatable bonds is 2. The van der Waals surface area contributed by atoms with Crippen LogP contribution in [0.1, 0.15) is 5.56 Å². The van der Waals surface area contributed by atoms with E-state index in [-0.39, 0.29) is 4.91 Å². The number of aliphatic carboxylic acids is 1. The molecule has 0 fully saturated rings. The van der Waals surface area contributed by atoms with E-state index in [1.807, 2.05) is 0 Å². The van der Waals surface area contributed by atoms with Gasteiger partial charge in [0, 0.05) is 5.02 Å². The first-order valence-electron chi connectivity index (χ1n) is 3.49. The second kappa shape index (κ2) is 4.35. The molecule has 0 aliphatic heterocycles. The van der Waals surface area contributed by atoms with Crippen molar-refractivity contribution in [3.63, 3.8) is 0 Å². The minimum atomic E-state index is -1.04. The van der Waals surface area contributed by atoms with Crippen molar-refractivity contribution in [1.82, 2.24) is 0 Å². The van der Waals surface area contributed by atoms with Crippen molar-refractivity contribution in [3.8, 4) is 0 Å². The molecule has 1 rings (SSSR count). The van der Waals surface area contributed by atoms with Gasteiger partial charge in [-0.15, -0.1) is 12.6 Å². The third-order valence-electron chi connectivity index (χ3n) is 1.39. The van der Waals surface area contributed by atoms with Crippen molar-refractivity contribution < 1.29 is 9.90 Å². The molecule has 0 unspecified atom stereocenters. The molecular weight excluding hydrogens is 208 g/mol. The van der Waals surface area contributed by atoms with Crippen LogP contribution in [-0.4, -0.2) is 11.1 Å². The second-order valence-electron chi connectivity index (χ2n) is 2.39. The summed E-state index contributed by atoms with van der Waals surface area (Å²) in [5, 5.41) is 9.15. The second-order valence-corrected chi connectivity index (χ2v) is 3.30. The van der Waals surface area contributed by atoms with Gasteiger partial charge in [-0.1, -0.05) is 23.7 Å². The average Bonchev–Trinajstić information content (AvgIpc) is 2.08. The third-order valence-corrected chi connectivity index (χ3v) is 1.96. The number of hydrogen-bond donors (Lipinski definition) is 2. The topological polar surface area (TPSA) is 37.3 Å². The number of thiol groups is 1. The van der Waals surface area contributed by atoms with Crippen LogP contribution in [0, 0.1) is 0 Å². The Kier molecular flexibility index (Phi) is 3.39. The van der Waals surface area contributed by atoms with E-state index in [1.54, 1.807) is 24.3 Å². The summed E-state index contributed by atoms with van der Waals surface area (Å²) in [5.74, 6) is -1.04. The zero-order valence-corrected chi connectivity index (χ0v) is 8.22. The molecule has 0 spiro atoms. The van der Waals surface area contributed by atoms with Crippen LogP contribution in [-0.2, 0) is 4.79 Å². The van der Waals surface area contributed by atoms with Crippen LogP contribution in [0.25, 0.3) is 6.08 Å². The van der Waals surface area contributed by atoms with Gasteiger partial charge in [0.25, 0.3) is 0 Å². The summed E-state index contributed by atoms with van der Waals surface area (Å²) in [6.07, 6.45) is 1.46. The smallest absolute Gasteiger partial charge is 0.341 e. The lowest BCUT2D eigenvalue weighted by Crippen LogP contribution is -1.92. The van der Waals surface area contributed by atoms with Gasteiger partial charge in [-0.3, -0.25) is 0 Å². The lowest BCUT2D eigenvalue weighted by Gasteiger charge is -1.94. The van der Waals surface area contributed by atoms with Gasteiger partial charge in [0.15, 0.2) is 0 Å². The summed E-state index contributed by atoms with van der Waals surface area (Å²) in [6, 6.07) is 6.83. The Morgan fingerprint density at radius 2 is 1.92 bits per heavy atom. The van der Waals surface area contributed by atoms with Crippen LogP contribution in [0.15, 0.2) is 29.2 Å². The number of carbonyl (C=O) groups is 1. The van der Waals surface area contributed by atoms with Crippen LogP contribution < -0.4 is 0 Å². The van der Waals surface area contributed by atoms with Gasteiger partial charge in [-0.05, 0) is 23.8 Å². The van der Waals surface area contributed by atoms with E-state index in [0.717, 1.165) is 5.56 Å². The summed E-state index contributed by atoms with van der Waals surface area (Å²) in [4.78, 5) is 10.4. The first-order chi connectivity index (χ1) is 6.09. The highest BCUT2D eigenvalue weighted by Gasteiger charge is 2.00. The third kappa shape index (κ3) is 3.13. The molecule has 0 aliphatic carbocycles. The van der Waals surface area contributed by atoms with Gasteiger partial charge in [0.1, 0.15) is 0 Å². The van der Waals surface area contributed by atoms with Crippen LogP contribution in [0.3, 0.4) is 0 Å². The molecular formula is C9H7ClO2S. The molecule has 0 radical (unpaired) electrons. The van der Waals surface area contributed by atoms with Gasteiger partial charge in [-0.25, -0.2) is 4.79 Å². The average molecular weight is 215 g/mol. The predicted octanol–water partition coefficient (Wildman–Crippen LogP) is 2.70. The predicted molar refractivity (Wildman–Crippen MR) is 56.1 cm³/mol. The molecule has 0 aliphatic rings. The molecule has 0 saturated carbocycles. The Bertz CT molecular complexity index is 343. The summed E-state index contributed by atoms with van der Waals surface area (Å²) >= 11 is 9.45. The summed E-state index contributed by atoms with van der Waals surface area (Å²) < 4.78 is 0. The van der Waals surface area contributed by atoms with E-state index in [4.69, 9.17) is 16.7 Å². The molecule has 68 valence electrons. The zero-order valence-electron chi connectivity index (χ0n) is 6.57. The highest BCUT2D eigenvalue weighted by molar-refractivity contribution is 7.85. The van der Waals surface area contributed by atoms with E-state index >= 15 is 0 Å². The largest absolute Gasteiger partial charge is 0.477 e. The fraction of sp³-hybridized carbons (Fsp3) is 0. The number of hydrogen-bond acceptors (Lipinski definition) is 2. The highest BCUT2D eigenvalue weighted by atomic mass is 35.5. The Balaban J connectivity index is 2.92. The molecule has 1 aromatic carbocycles. The molecule has 2 nitrogen and oxygen atoms in total. The molecule has 0 atom stereocenters. The lowest BCUT2D eigenvalue weighted by atomic mass is 10.2. The van der Waals surface area contributed by atoms with Crippen LogP contribution in [0.4, 0.5) is 0 Å². The quantitative estimate of drug-likeness (QED) is 0.587. The van der Waals surface area contributed by atoms with Gasteiger partial charge in [0.2, 0.25) is 0 Å². The molecule has 4 heteroatoms. The maximum absolute atomic E-state index is 10.4. The van der Waals surface area contributed by atoms with E-state index in [2.05, 4.69) is 12.6 Å². The van der Waals surface area contributed by atoms with E-state index in [1.165, 1.54) is 6.08 Å².